The number of fused-ring (bicyclic) bond motifs is 2. The summed E-state index contributed by atoms with van der Waals surface area (Å²) in [6, 6.07) is 25.4. The zero-order valence-corrected chi connectivity index (χ0v) is 27.3. The van der Waals surface area contributed by atoms with Crippen molar-refractivity contribution in [3.8, 4) is 5.75 Å². The third-order valence-corrected chi connectivity index (χ3v) is 3.89. The second-order valence-corrected chi connectivity index (χ2v) is 7.27. The van der Waals surface area contributed by atoms with E-state index in [1.165, 1.54) is 11.6 Å². The average molecular weight is 638 g/mol. The maximum atomic E-state index is 10.3. The van der Waals surface area contributed by atoms with Crippen molar-refractivity contribution in [3.05, 3.63) is 78.9 Å². The summed E-state index contributed by atoms with van der Waals surface area (Å²) in [5, 5.41) is 22.9. The van der Waals surface area contributed by atoms with Crippen molar-refractivity contribution in [3.63, 3.8) is 0 Å². The molecule has 1 atom stereocenters. The van der Waals surface area contributed by atoms with Crippen LogP contribution in [0.1, 0.15) is 41.5 Å². The number of hydrogen-bond donors (Lipinski definition) is 2. The van der Waals surface area contributed by atoms with Gasteiger partial charge in [-0.3, -0.25) is 0 Å². The molecule has 4 aromatic rings. The van der Waals surface area contributed by atoms with Gasteiger partial charge < -0.3 is 9.66 Å². The molecule has 1 radical (unpaired) electrons. The second-order valence-electron chi connectivity index (χ2n) is 6.01. The van der Waals surface area contributed by atoms with Gasteiger partial charge in [0.15, 0.2) is 5.75 Å². The van der Waals surface area contributed by atoms with Gasteiger partial charge in [-0.1, -0.05) is 102 Å². The van der Waals surface area contributed by atoms with Gasteiger partial charge in [0.2, 0.25) is 0 Å². The second kappa shape index (κ2) is 24.9. The Hall–Kier alpha value is -2.37. The van der Waals surface area contributed by atoms with Crippen LogP contribution in [0.15, 0.2) is 89.1 Å². The minimum atomic E-state index is -3.11. The number of rotatable bonds is 2. The predicted octanol–water partition coefficient (Wildman–Crippen LogP) is 8.02. The van der Waals surface area contributed by atoms with Gasteiger partial charge in [0.05, 0.1) is 5.69 Å². The van der Waals surface area contributed by atoms with Gasteiger partial charge in [-0.15, -0.1) is 17.7 Å². The van der Waals surface area contributed by atoms with E-state index in [0.29, 0.717) is 5.69 Å². The summed E-state index contributed by atoms with van der Waals surface area (Å²) in [6.45, 7) is 12.0. The summed E-state index contributed by atoms with van der Waals surface area (Å²) in [5.41, 5.74) is 1.23. The molecule has 0 saturated heterocycles. The van der Waals surface area contributed by atoms with Crippen LogP contribution in [0.4, 0.5) is 11.4 Å². The molecule has 0 saturated carbocycles. The largest absolute Gasteiger partial charge is 0.505 e. The van der Waals surface area contributed by atoms with Crippen LogP contribution in [-0.2, 0) is 54.4 Å². The maximum Gasteiger partial charge on any atom is 0.425 e. The van der Waals surface area contributed by atoms with Crippen molar-refractivity contribution in [2.75, 3.05) is 6.26 Å². The summed E-state index contributed by atoms with van der Waals surface area (Å²) >= 11 is -1.61. The number of aromatic hydroxyl groups is 1. The Morgan fingerprint density at radius 3 is 1.58 bits per heavy atom. The monoisotopic (exact) mass is 637 g/mol. The standard InChI is InChI=1S/C20H14N2O.3C2H6.CH4O2S.O3S.Y/c23-20-18-8-4-3-6-15(18)10-12-19(20)22-21-17-11-9-14-5-1-2-7-16(14)13-17;3*1-2;2*1-4(2)3;/h1-13,23H;3*1-2H3;1H3,(H,2,3);;. The molecular weight excluding hydrogens is 601 g/mol. The maximum absolute atomic E-state index is 10.3. The number of hydrogen-bond acceptors (Lipinski definition) is 7. The molecule has 11 heteroatoms. The van der Waals surface area contributed by atoms with Gasteiger partial charge >= 0.3 is 10.6 Å². The van der Waals surface area contributed by atoms with E-state index in [1.54, 1.807) is 6.07 Å². The van der Waals surface area contributed by atoms with Crippen LogP contribution in [0.5, 0.6) is 5.75 Å². The molecule has 38 heavy (non-hydrogen) atoms. The molecule has 0 heterocycles. The summed E-state index contributed by atoms with van der Waals surface area (Å²) in [4.78, 5) is 0. The van der Waals surface area contributed by atoms with Crippen LogP contribution in [-0.4, -0.2) is 32.8 Å². The van der Waals surface area contributed by atoms with Crippen LogP contribution < -0.4 is 0 Å². The first-order chi connectivity index (χ1) is 17.8. The van der Waals surface area contributed by atoms with Crippen molar-refractivity contribution < 1.29 is 59.2 Å². The summed E-state index contributed by atoms with van der Waals surface area (Å²) < 4.78 is 42.0. The molecule has 0 aliphatic carbocycles. The molecule has 0 aliphatic heterocycles. The van der Waals surface area contributed by atoms with Crippen LogP contribution in [0.2, 0.25) is 0 Å². The van der Waals surface area contributed by atoms with Gasteiger partial charge in [0, 0.05) is 44.4 Å². The Balaban J connectivity index is -0.000000698. The smallest absolute Gasteiger partial charge is 0.425 e. The van der Waals surface area contributed by atoms with E-state index in [0.717, 1.165) is 21.8 Å². The fraction of sp³-hybridized carbons (Fsp3) is 0.259. The Morgan fingerprint density at radius 2 is 1.05 bits per heavy atom. The predicted molar refractivity (Wildman–Crippen MR) is 154 cm³/mol. The molecule has 1 unspecified atom stereocenters. The minimum Gasteiger partial charge on any atom is -0.505 e. The fourth-order valence-corrected chi connectivity index (χ4v) is 2.67. The van der Waals surface area contributed by atoms with Crippen LogP contribution in [0.3, 0.4) is 0 Å². The molecule has 4 aromatic carbocycles. The average Bonchev–Trinajstić information content (AvgIpc) is 2.91. The zero-order chi connectivity index (χ0) is 28.8. The molecule has 0 aromatic heterocycles. The summed E-state index contributed by atoms with van der Waals surface area (Å²) in [7, 11) is -3.11. The Morgan fingerprint density at radius 1 is 0.632 bits per heavy atom. The third kappa shape index (κ3) is 16.5. The number of nitrogens with zero attached hydrogens (tertiary/aromatic N) is 2. The molecule has 4 rings (SSSR count). The van der Waals surface area contributed by atoms with Crippen molar-refractivity contribution >= 4 is 54.6 Å². The summed E-state index contributed by atoms with van der Waals surface area (Å²) in [6.07, 6.45) is 1.19. The van der Waals surface area contributed by atoms with E-state index in [2.05, 4.69) is 16.3 Å². The van der Waals surface area contributed by atoms with Crippen molar-refractivity contribution in [2.24, 2.45) is 10.2 Å². The first kappa shape index (κ1) is 40.1. The Bertz CT molecular complexity index is 1350. The van der Waals surface area contributed by atoms with Crippen molar-refractivity contribution in [1.82, 2.24) is 0 Å². The van der Waals surface area contributed by atoms with Gasteiger partial charge in [-0.2, -0.15) is 5.11 Å². The molecule has 205 valence electrons. The van der Waals surface area contributed by atoms with Crippen LogP contribution in [0.25, 0.3) is 21.5 Å². The first-order valence-electron chi connectivity index (χ1n) is 11.7. The molecule has 0 bridgehead atoms. The van der Waals surface area contributed by atoms with Gasteiger partial charge in [0.25, 0.3) is 0 Å². The molecule has 8 nitrogen and oxygen atoms in total. The normalized spacial score (nSPS) is 9.68. The van der Waals surface area contributed by atoms with Gasteiger partial charge in [0.1, 0.15) is 16.8 Å². The molecule has 0 aliphatic rings. The Labute approximate surface area is 254 Å². The molecule has 2 N–H and O–H groups in total. The topological polar surface area (TPSA) is 133 Å². The van der Waals surface area contributed by atoms with E-state index in [4.69, 9.17) is 21.4 Å². The number of azo groups is 1. The molecular formula is C27H36N2O6S2Y. The Kier molecular flexibility index (Phi) is 26.3. The zero-order valence-electron chi connectivity index (χ0n) is 22.8. The van der Waals surface area contributed by atoms with Gasteiger partial charge in [-0.05, 0) is 34.4 Å². The van der Waals surface area contributed by atoms with E-state index < -0.39 is 21.7 Å². The third-order valence-electron chi connectivity index (χ3n) is 3.89. The number of phenolic OH excluding ortho intramolecular Hbond substituents is 1. The SMILES string of the molecule is CC.CC.CC.CS(=O)O.O=S(=O)=O.Oc1c(N=Nc2ccc3ccccc3c2)ccc2ccccc12.[Y]. The van der Waals surface area contributed by atoms with Crippen LogP contribution >= 0.6 is 0 Å². The van der Waals surface area contributed by atoms with Crippen molar-refractivity contribution in [2.45, 2.75) is 41.5 Å². The van der Waals surface area contributed by atoms with E-state index in [1.807, 2.05) is 108 Å². The van der Waals surface area contributed by atoms with Gasteiger partial charge in [-0.25, -0.2) is 4.21 Å². The van der Waals surface area contributed by atoms with E-state index in [-0.39, 0.29) is 38.5 Å². The molecule has 0 fully saturated rings. The quantitative estimate of drug-likeness (QED) is 0.169. The summed E-state index contributed by atoms with van der Waals surface area (Å²) in [5.74, 6) is 0.160. The fourth-order valence-electron chi connectivity index (χ4n) is 2.67. The number of benzene rings is 4. The van der Waals surface area contributed by atoms with E-state index in [9.17, 15) is 5.11 Å². The van der Waals surface area contributed by atoms with E-state index >= 15 is 0 Å². The molecule has 0 spiro atoms. The first-order valence-corrected chi connectivity index (χ1v) is 14.2. The molecule has 0 amide bonds. The number of phenols is 1. The van der Waals surface area contributed by atoms with Crippen LogP contribution in [0, 0.1) is 0 Å². The van der Waals surface area contributed by atoms with Crippen molar-refractivity contribution in [1.29, 1.82) is 0 Å². The minimum absolute atomic E-state index is 0.